The number of aromatic nitrogens is 1. The lowest BCUT2D eigenvalue weighted by molar-refractivity contribution is 0.0910. The first-order valence-corrected chi connectivity index (χ1v) is 8.16. The molecule has 1 fully saturated rings. The number of carbonyl (C=O) groups excluding carboxylic acids is 2. The second kappa shape index (κ2) is 8.50. The predicted molar refractivity (Wildman–Crippen MR) is 94.4 cm³/mol. The Bertz CT molecular complexity index is 562. The summed E-state index contributed by atoms with van der Waals surface area (Å²) >= 11 is 0. The van der Waals surface area contributed by atoms with E-state index >= 15 is 0 Å². The van der Waals surface area contributed by atoms with Crippen LogP contribution in [0.4, 0.5) is 0 Å². The molecule has 1 aromatic heterocycles. The Labute approximate surface area is 144 Å². The molecule has 4 N–H and O–H groups in total. The van der Waals surface area contributed by atoms with Crippen LogP contribution in [0.3, 0.4) is 0 Å². The van der Waals surface area contributed by atoms with E-state index in [2.05, 4.69) is 10.3 Å². The Morgan fingerprint density at radius 1 is 1.26 bits per heavy atom. The smallest absolute Gasteiger partial charge is 0.268 e. The lowest BCUT2D eigenvalue weighted by Crippen LogP contribution is -2.46. The fraction of sp³-hybridized carbons (Fsp3) is 0.647. The van der Waals surface area contributed by atoms with E-state index in [9.17, 15) is 9.59 Å². The third kappa shape index (κ3) is 4.36. The molecule has 1 aliphatic rings. The molecule has 1 amide bonds. The molecule has 1 unspecified atom stereocenters. The molecule has 0 radical (unpaired) electrons. The number of aromatic amines is 1. The summed E-state index contributed by atoms with van der Waals surface area (Å²) in [5.74, 6) is 0.286. The number of nitrogens with two attached hydrogens (primary N) is 1. The topological polar surface area (TPSA) is 88.0 Å². The number of rotatable bonds is 5. The average molecular weight is 342 g/mol. The monoisotopic (exact) mass is 341 g/mol. The van der Waals surface area contributed by atoms with Crippen LogP contribution in [0.25, 0.3) is 0 Å². The van der Waals surface area contributed by atoms with Crippen LogP contribution in [0, 0.1) is 19.8 Å². The quantitative estimate of drug-likeness (QED) is 0.719. The van der Waals surface area contributed by atoms with Gasteiger partial charge in [-0.3, -0.25) is 9.59 Å². The van der Waals surface area contributed by atoms with Crippen molar-refractivity contribution in [3.05, 3.63) is 22.5 Å². The molecule has 1 aromatic rings. The van der Waals surface area contributed by atoms with Gasteiger partial charge >= 0.3 is 0 Å². The lowest BCUT2D eigenvalue weighted by atomic mass is 9.84. The van der Waals surface area contributed by atoms with Crippen LogP contribution in [0.15, 0.2) is 0 Å². The van der Waals surface area contributed by atoms with Gasteiger partial charge < -0.3 is 16.0 Å². The zero-order valence-corrected chi connectivity index (χ0v) is 15.0. The SMILES string of the molecule is CC(=O)c1c(C)[nH]c(C(=O)NC(CN)C2CCCCC2)c1C.Cl. The molecule has 0 saturated heterocycles. The second-order valence-electron chi connectivity index (χ2n) is 6.39. The van der Waals surface area contributed by atoms with Crippen LogP contribution in [-0.4, -0.2) is 29.3 Å². The molecule has 1 atom stereocenters. The van der Waals surface area contributed by atoms with Gasteiger partial charge in [-0.2, -0.15) is 0 Å². The highest BCUT2D eigenvalue weighted by atomic mass is 35.5. The van der Waals surface area contributed by atoms with Gasteiger partial charge in [0.2, 0.25) is 0 Å². The second-order valence-corrected chi connectivity index (χ2v) is 6.39. The third-order valence-electron chi connectivity index (χ3n) is 4.81. The molecule has 1 aliphatic carbocycles. The van der Waals surface area contributed by atoms with Crippen LogP contribution < -0.4 is 11.1 Å². The van der Waals surface area contributed by atoms with Gasteiger partial charge in [0.05, 0.1) is 0 Å². The number of carbonyl (C=O) groups is 2. The normalized spacial score (nSPS) is 16.5. The molecule has 2 rings (SSSR count). The van der Waals surface area contributed by atoms with E-state index in [4.69, 9.17) is 5.73 Å². The maximum atomic E-state index is 12.6. The van der Waals surface area contributed by atoms with Crippen molar-refractivity contribution in [2.24, 2.45) is 11.7 Å². The number of ketones is 1. The minimum atomic E-state index is -0.158. The van der Waals surface area contributed by atoms with Gasteiger partial charge in [0, 0.05) is 23.8 Å². The number of halogens is 1. The molecule has 0 spiro atoms. The Morgan fingerprint density at radius 3 is 2.35 bits per heavy atom. The van der Waals surface area contributed by atoms with E-state index < -0.39 is 0 Å². The highest BCUT2D eigenvalue weighted by Gasteiger charge is 2.26. The van der Waals surface area contributed by atoms with Crippen molar-refractivity contribution in [1.29, 1.82) is 0 Å². The Hall–Kier alpha value is -1.33. The molecular weight excluding hydrogens is 314 g/mol. The summed E-state index contributed by atoms with van der Waals surface area (Å²) in [5.41, 5.74) is 8.44. The van der Waals surface area contributed by atoms with Crippen LogP contribution in [0.1, 0.15) is 71.1 Å². The molecule has 0 aliphatic heterocycles. The van der Waals surface area contributed by atoms with Crippen LogP contribution in [0.5, 0.6) is 0 Å². The molecular formula is C17H28ClN3O2. The first kappa shape index (κ1) is 19.7. The number of H-pyrrole nitrogens is 1. The van der Waals surface area contributed by atoms with Gasteiger partial charge in [-0.1, -0.05) is 19.3 Å². The van der Waals surface area contributed by atoms with E-state index in [1.807, 2.05) is 13.8 Å². The first-order valence-electron chi connectivity index (χ1n) is 8.16. The van der Waals surface area contributed by atoms with E-state index in [-0.39, 0.29) is 30.1 Å². The summed E-state index contributed by atoms with van der Waals surface area (Å²) in [5, 5.41) is 3.07. The predicted octanol–water partition coefficient (Wildman–Crippen LogP) is 2.89. The zero-order valence-electron chi connectivity index (χ0n) is 14.2. The largest absolute Gasteiger partial charge is 0.354 e. The summed E-state index contributed by atoms with van der Waals surface area (Å²) < 4.78 is 0. The number of Topliss-reactive ketones (excluding diaryl/α,β-unsaturated/α-hetero) is 1. The number of hydrogen-bond acceptors (Lipinski definition) is 3. The molecule has 23 heavy (non-hydrogen) atoms. The van der Waals surface area contributed by atoms with Crippen molar-refractivity contribution in [3.63, 3.8) is 0 Å². The van der Waals surface area contributed by atoms with Crippen LogP contribution in [-0.2, 0) is 0 Å². The van der Waals surface area contributed by atoms with Gasteiger partial charge in [0.25, 0.3) is 5.91 Å². The molecule has 1 heterocycles. The lowest BCUT2D eigenvalue weighted by Gasteiger charge is -2.30. The van der Waals surface area contributed by atoms with Crippen molar-refractivity contribution < 1.29 is 9.59 Å². The number of nitrogens with one attached hydrogen (secondary N) is 2. The van der Waals surface area contributed by atoms with E-state index in [1.165, 1.54) is 26.2 Å². The van der Waals surface area contributed by atoms with Crippen molar-refractivity contribution in [2.75, 3.05) is 6.54 Å². The highest BCUT2D eigenvalue weighted by Crippen LogP contribution is 2.26. The Kier molecular flexibility index (Phi) is 7.29. The van der Waals surface area contributed by atoms with Crippen molar-refractivity contribution in [3.8, 4) is 0 Å². The average Bonchev–Trinajstić information content (AvgIpc) is 2.80. The van der Waals surface area contributed by atoms with Crippen molar-refractivity contribution in [2.45, 2.75) is 58.9 Å². The summed E-state index contributed by atoms with van der Waals surface area (Å²) in [6.45, 7) is 5.61. The van der Waals surface area contributed by atoms with E-state index in [1.54, 1.807) is 0 Å². The minimum absolute atomic E-state index is 0. The zero-order chi connectivity index (χ0) is 16.3. The highest BCUT2D eigenvalue weighted by molar-refractivity contribution is 6.02. The standard InChI is InChI=1S/C17H27N3O2.ClH/c1-10-15(12(3)21)11(2)19-16(10)17(22)20-14(9-18)13-7-5-4-6-8-13;/h13-14,19H,4-9,18H2,1-3H3,(H,20,22);1H. The Balaban J connectivity index is 0.00000264. The maximum absolute atomic E-state index is 12.6. The fourth-order valence-corrected chi connectivity index (χ4v) is 3.65. The summed E-state index contributed by atoms with van der Waals surface area (Å²) in [7, 11) is 0. The number of amides is 1. The van der Waals surface area contributed by atoms with Gasteiger partial charge in [0.15, 0.2) is 5.78 Å². The molecule has 0 bridgehead atoms. The van der Waals surface area contributed by atoms with Gasteiger partial charge in [-0.05, 0) is 45.1 Å². The van der Waals surface area contributed by atoms with Crippen molar-refractivity contribution >= 4 is 24.1 Å². The van der Waals surface area contributed by atoms with E-state index in [0.29, 0.717) is 23.7 Å². The van der Waals surface area contributed by atoms with Crippen molar-refractivity contribution in [1.82, 2.24) is 10.3 Å². The van der Waals surface area contributed by atoms with Crippen LogP contribution >= 0.6 is 12.4 Å². The summed E-state index contributed by atoms with van der Waals surface area (Å²) in [6.07, 6.45) is 5.96. The molecule has 5 nitrogen and oxygen atoms in total. The number of hydrogen-bond donors (Lipinski definition) is 3. The summed E-state index contributed by atoms with van der Waals surface area (Å²) in [4.78, 5) is 27.3. The molecule has 6 heteroatoms. The maximum Gasteiger partial charge on any atom is 0.268 e. The fourth-order valence-electron chi connectivity index (χ4n) is 3.65. The number of aryl methyl sites for hydroxylation is 1. The van der Waals surface area contributed by atoms with E-state index in [0.717, 1.165) is 24.1 Å². The minimum Gasteiger partial charge on any atom is -0.354 e. The van der Waals surface area contributed by atoms with Gasteiger partial charge in [0.1, 0.15) is 5.69 Å². The third-order valence-corrected chi connectivity index (χ3v) is 4.81. The van der Waals surface area contributed by atoms with Gasteiger partial charge in [-0.25, -0.2) is 0 Å². The molecule has 1 saturated carbocycles. The Morgan fingerprint density at radius 2 is 1.87 bits per heavy atom. The van der Waals surface area contributed by atoms with Gasteiger partial charge in [-0.15, -0.1) is 12.4 Å². The molecule has 130 valence electrons. The molecule has 0 aromatic carbocycles. The summed E-state index contributed by atoms with van der Waals surface area (Å²) in [6, 6.07) is 0.0107. The first-order chi connectivity index (χ1) is 10.5. The van der Waals surface area contributed by atoms with Crippen LogP contribution in [0.2, 0.25) is 0 Å².